The van der Waals surface area contributed by atoms with E-state index in [1.54, 1.807) is 0 Å². The van der Waals surface area contributed by atoms with E-state index < -0.39 is 0 Å². The molecular formula is C80H54N8Pt. The van der Waals surface area contributed by atoms with Gasteiger partial charge in [0.2, 0.25) is 0 Å². The summed E-state index contributed by atoms with van der Waals surface area (Å²) >= 11 is 0. The van der Waals surface area contributed by atoms with Crippen molar-refractivity contribution in [2.75, 3.05) is 9.80 Å². The molecule has 89 heavy (non-hydrogen) atoms. The monoisotopic (exact) mass is 1320 g/mol. The first-order chi connectivity index (χ1) is 43.7. The van der Waals surface area contributed by atoms with Gasteiger partial charge in [-0.1, -0.05) is 133 Å². The van der Waals surface area contributed by atoms with Gasteiger partial charge in [0.25, 0.3) is 0 Å². The summed E-state index contributed by atoms with van der Waals surface area (Å²) in [6.07, 6.45) is 7.29. The minimum atomic E-state index is 0. The van der Waals surface area contributed by atoms with Gasteiger partial charge in [-0.3, -0.25) is 9.97 Å². The van der Waals surface area contributed by atoms with Crippen molar-refractivity contribution in [3.8, 4) is 56.4 Å². The molecule has 10 aromatic carbocycles. The van der Waals surface area contributed by atoms with Crippen molar-refractivity contribution in [2.24, 2.45) is 0 Å². The van der Waals surface area contributed by atoms with Crippen molar-refractivity contribution in [1.29, 1.82) is 0 Å². The molecule has 0 bridgehead atoms. The van der Waals surface area contributed by atoms with Crippen molar-refractivity contribution in [1.82, 2.24) is 29.1 Å². The summed E-state index contributed by atoms with van der Waals surface area (Å²) in [6.45, 7) is 0. The molecule has 16 rings (SSSR count). The van der Waals surface area contributed by atoms with Gasteiger partial charge >= 0.3 is 21.1 Å². The second kappa shape index (κ2) is 25.0. The molecule has 0 fully saturated rings. The van der Waals surface area contributed by atoms with Crippen LogP contribution in [0.5, 0.6) is 0 Å². The topological polar surface area (TPSA) is 67.9 Å². The molecule has 0 aliphatic heterocycles. The van der Waals surface area contributed by atoms with Crippen LogP contribution in [-0.2, 0) is 21.1 Å². The Labute approximate surface area is 530 Å². The standard InChI is InChI=1S/C40H28N4.C40H26N4.Pt/c2*1-3-19-39-35(15-1)36-16-2-4-20-40(36)44(39)32-23-21-31(22-24-32)43(33-13-9-11-29(27-33)37-17-5-7-25-41-37)34-14-10-12-30(28-34)38-18-6-8-26-42-38;/h1-28H;1-26H;/q;-2;+2. The van der Waals surface area contributed by atoms with Gasteiger partial charge in [0.15, 0.2) is 0 Å². The number of pyridine rings is 4. The number of benzene rings is 10. The Morgan fingerprint density at radius 3 is 0.944 bits per heavy atom. The van der Waals surface area contributed by atoms with E-state index in [1.807, 2.05) is 110 Å². The van der Waals surface area contributed by atoms with Crippen LogP contribution in [-0.4, -0.2) is 29.1 Å². The van der Waals surface area contributed by atoms with Gasteiger partial charge in [0.1, 0.15) is 0 Å². The van der Waals surface area contributed by atoms with Gasteiger partial charge in [0, 0.05) is 91.6 Å². The third kappa shape index (κ3) is 11.1. The maximum Gasteiger partial charge on any atom is 2.00 e. The first-order valence-electron chi connectivity index (χ1n) is 29.3. The first kappa shape index (κ1) is 55.6. The molecule has 6 aromatic heterocycles. The maximum atomic E-state index is 4.61. The molecule has 0 unspecified atom stereocenters. The molecule has 16 aromatic rings. The van der Waals surface area contributed by atoms with E-state index in [-0.39, 0.29) is 21.1 Å². The van der Waals surface area contributed by atoms with E-state index in [2.05, 4.69) is 269 Å². The number of fused-ring (bicyclic) bond motifs is 6. The molecule has 6 heterocycles. The fourth-order valence-corrected chi connectivity index (χ4v) is 12.0. The number of hydrogen-bond donors (Lipinski definition) is 0. The summed E-state index contributed by atoms with van der Waals surface area (Å²) in [6, 6.07) is 113. The molecule has 424 valence electrons. The molecule has 0 amide bonds. The summed E-state index contributed by atoms with van der Waals surface area (Å²) in [7, 11) is 0. The second-order valence-corrected chi connectivity index (χ2v) is 21.3. The van der Waals surface area contributed by atoms with E-state index in [4.69, 9.17) is 0 Å². The maximum absolute atomic E-state index is 4.61. The Bertz CT molecular complexity index is 4500. The van der Waals surface area contributed by atoms with Crippen LogP contribution in [0.1, 0.15) is 0 Å². The minimum absolute atomic E-state index is 0. The summed E-state index contributed by atoms with van der Waals surface area (Å²) in [4.78, 5) is 22.8. The van der Waals surface area contributed by atoms with E-state index >= 15 is 0 Å². The van der Waals surface area contributed by atoms with Gasteiger partial charge in [0.05, 0.1) is 33.5 Å². The summed E-state index contributed by atoms with van der Waals surface area (Å²) in [5.41, 5.74) is 20.6. The van der Waals surface area contributed by atoms with Crippen molar-refractivity contribution in [2.45, 2.75) is 0 Å². The molecule has 8 nitrogen and oxygen atoms in total. The molecule has 0 aliphatic carbocycles. The van der Waals surface area contributed by atoms with Crippen molar-refractivity contribution < 1.29 is 21.1 Å². The number of nitrogens with zero attached hydrogens (tertiary/aromatic N) is 8. The average molecular weight is 1320 g/mol. The predicted octanol–water partition coefficient (Wildman–Crippen LogP) is 20.4. The van der Waals surface area contributed by atoms with Crippen LogP contribution in [0.2, 0.25) is 0 Å². The van der Waals surface area contributed by atoms with Crippen LogP contribution >= 0.6 is 0 Å². The Morgan fingerprint density at radius 2 is 0.584 bits per heavy atom. The predicted molar refractivity (Wildman–Crippen MR) is 362 cm³/mol. The fraction of sp³-hybridized carbons (Fsp3) is 0. The van der Waals surface area contributed by atoms with Crippen LogP contribution in [0.3, 0.4) is 0 Å². The van der Waals surface area contributed by atoms with Crippen molar-refractivity contribution in [3.05, 3.63) is 340 Å². The summed E-state index contributed by atoms with van der Waals surface area (Å²) in [5.74, 6) is 0. The van der Waals surface area contributed by atoms with E-state index in [0.717, 1.165) is 90.5 Å². The third-order valence-corrected chi connectivity index (χ3v) is 15.9. The number of anilines is 6. The quantitative estimate of drug-likeness (QED) is 0.114. The molecule has 0 aliphatic rings. The van der Waals surface area contributed by atoms with Gasteiger partial charge in [-0.05, 0) is 156 Å². The Morgan fingerprint density at radius 1 is 0.258 bits per heavy atom. The second-order valence-electron chi connectivity index (χ2n) is 21.3. The van der Waals surface area contributed by atoms with E-state index in [1.165, 1.54) is 43.6 Å². The van der Waals surface area contributed by atoms with Crippen LogP contribution < -0.4 is 9.80 Å². The summed E-state index contributed by atoms with van der Waals surface area (Å²) < 4.78 is 4.68. The van der Waals surface area contributed by atoms with Gasteiger partial charge in [-0.15, -0.1) is 59.7 Å². The minimum Gasteiger partial charge on any atom is -0.346 e. The molecule has 0 spiro atoms. The fourth-order valence-electron chi connectivity index (χ4n) is 12.0. The SMILES string of the molecule is [Pt+2].[c-]1c(-c2ccccn2)cccc1N(c1[c-]c(-c2ccccn2)ccc1)c1ccc(-n2c3ccccc3c3ccccc32)cc1.c1ccc(-c2cccc(N(c3ccc(-n4c5ccccc5c5ccccc54)cc3)c3cccc(-c4ccccn4)c3)c2)nc1. The van der Waals surface area contributed by atoms with Crippen molar-refractivity contribution >= 4 is 77.7 Å². The molecule has 0 saturated heterocycles. The third-order valence-electron chi connectivity index (χ3n) is 15.9. The molecule has 0 radical (unpaired) electrons. The van der Waals surface area contributed by atoms with Crippen LogP contribution in [0.25, 0.3) is 100 Å². The molecular weight excluding hydrogens is 1270 g/mol. The Hall–Kier alpha value is -11.3. The first-order valence-corrected chi connectivity index (χ1v) is 29.3. The van der Waals surface area contributed by atoms with Crippen LogP contribution in [0.15, 0.2) is 328 Å². The van der Waals surface area contributed by atoms with Gasteiger partial charge in [-0.25, -0.2) is 0 Å². The zero-order valence-corrected chi connectivity index (χ0v) is 50.3. The number of rotatable bonds is 12. The van der Waals surface area contributed by atoms with Crippen LogP contribution in [0, 0.1) is 12.1 Å². The van der Waals surface area contributed by atoms with E-state index in [0.29, 0.717) is 0 Å². The van der Waals surface area contributed by atoms with Crippen LogP contribution in [0.4, 0.5) is 34.1 Å². The smallest absolute Gasteiger partial charge is 0.346 e. The number of aromatic nitrogens is 6. The molecule has 9 heteroatoms. The molecule has 0 atom stereocenters. The number of para-hydroxylation sites is 4. The Balaban J connectivity index is 0.000000154. The van der Waals surface area contributed by atoms with Gasteiger partial charge < -0.3 is 28.9 Å². The van der Waals surface area contributed by atoms with Gasteiger partial charge in [-0.2, -0.15) is 0 Å². The molecule has 0 N–H and O–H groups in total. The zero-order chi connectivity index (χ0) is 58.6. The normalized spacial score (nSPS) is 11.1. The van der Waals surface area contributed by atoms with Crippen molar-refractivity contribution in [3.63, 3.8) is 0 Å². The Kier molecular flexibility index (Phi) is 15.6. The zero-order valence-electron chi connectivity index (χ0n) is 48.1. The average Bonchev–Trinajstić information content (AvgIpc) is 1.78. The van der Waals surface area contributed by atoms with E-state index in [9.17, 15) is 0 Å². The summed E-state index contributed by atoms with van der Waals surface area (Å²) in [5, 5.41) is 5.00. The largest absolute Gasteiger partial charge is 2.00 e. The number of hydrogen-bond acceptors (Lipinski definition) is 6. The molecule has 0 saturated carbocycles.